The summed E-state index contributed by atoms with van der Waals surface area (Å²) < 4.78 is 36.4. The minimum absolute atomic E-state index is 0.000652. The Morgan fingerprint density at radius 3 is 1.07 bits per heavy atom. The van der Waals surface area contributed by atoms with E-state index in [0.29, 0.717) is 0 Å². The van der Waals surface area contributed by atoms with Crippen LogP contribution in [0.15, 0.2) is 194 Å². The molecule has 2 aliphatic heterocycles. The molecule has 8 aromatic rings. The van der Waals surface area contributed by atoms with Gasteiger partial charge < -0.3 is 38.2 Å². The van der Waals surface area contributed by atoms with Crippen LogP contribution < -0.4 is 18.9 Å². The number of esters is 2. The lowest BCUT2D eigenvalue weighted by molar-refractivity contribution is -0.385. The Balaban J connectivity index is 0.901. The minimum atomic E-state index is -1.12. The van der Waals surface area contributed by atoms with Crippen molar-refractivity contribution < 1.29 is 57.4 Å². The summed E-state index contributed by atoms with van der Waals surface area (Å²) in [4.78, 5) is 84.5. The van der Waals surface area contributed by atoms with Crippen molar-refractivity contribution in [2.45, 2.75) is 70.9 Å². The van der Waals surface area contributed by atoms with Gasteiger partial charge in [0.1, 0.15) is 49.6 Å². The molecule has 2 amide bonds. The van der Waals surface area contributed by atoms with Crippen LogP contribution in [-0.2, 0) is 71.4 Å². The molecule has 420 valence electrons. The van der Waals surface area contributed by atoms with Crippen molar-refractivity contribution in [3.63, 3.8) is 0 Å². The summed E-state index contributed by atoms with van der Waals surface area (Å²) in [6.07, 6.45) is 0.324. The standard InChI is InChI=1S/C65H56N4O14/c70-62(66-38-50-28-15-13-26-48(50)32-56(66)64(72)82-42-46-22-9-3-10-23-46)52-34-58(80-40-44-18-5-1-6-19-44)60(36-54(52)68(74)75)78-30-17-31-79-61-37-55(69(76)77)53(35-59(61)81-41-45-20-7-2-8-21-45)63(71)67-39-51-29-16-14-27-49(51)33-57(67)65(73)83-43-47-24-11-4-12-25-47/h1-16,18-29,34-37,56-57H,17,30-33,38-43H2/t56-,57-/m0/s1. The van der Waals surface area contributed by atoms with Crippen LogP contribution in [0.4, 0.5) is 11.4 Å². The molecule has 0 aromatic heterocycles. The van der Waals surface area contributed by atoms with Gasteiger partial charge in [0.05, 0.1) is 35.2 Å². The van der Waals surface area contributed by atoms with Crippen LogP contribution in [0, 0.1) is 20.2 Å². The highest BCUT2D eigenvalue weighted by Gasteiger charge is 2.41. The smallest absolute Gasteiger partial charge is 0.329 e. The number of benzene rings is 8. The second kappa shape index (κ2) is 26.3. The van der Waals surface area contributed by atoms with Gasteiger partial charge in [0.25, 0.3) is 23.2 Å². The maximum Gasteiger partial charge on any atom is 0.329 e. The quantitative estimate of drug-likeness (QED) is 0.0267. The van der Waals surface area contributed by atoms with E-state index in [-0.39, 0.29) is 106 Å². The molecule has 18 heteroatoms. The number of fused-ring (bicyclic) bond motifs is 2. The number of nitrogens with zero attached hydrogens (tertiary/aromatic N) is 4. The predicted octanol–water partition coefficient (Wildman–Crippen LogP) is 11.1. The van der Waals surface area contributed by atoms with Gasteiger partial charge >= 0.3 is 11.9 Å². The normalized spacial score (nSPS) is 14.3. The molecular formula is C65H56N4O14. The van der Waals surface area contributed by atoms with E-state index in [4.69, 9.17) is 28.4 Å². The molecule has 0 spiro atoms. The first kappa shape index (κ1) is 55.9. The lowest BCUT2D eigenvalue weighted by Crippen LogP contribution is -2.49. The highest BCUT2D eigenvalue weighted by molar-refractivity contribution is 6.02. The SMILES string of the molecule is O=C(OCc1ccccc1)[C@@H]1Cc2ccccc2CN1C(=O)c1cc(OCc2ccccc2)c(OCCCOc2cc([N+](=O)[O-])c(C(=O)N3Cc4ccccc4C[C@H]3C(=O)OCc3ccccc3)cc2OCc2ccccc2)cc1[N+](=O)[O-]. The van der Waals surface area contributed by atoms with Crippen molar-refractivity contribution in [2.24, 2.45) is 0 Å². The van der Waals surface area contributed by atoms with Crippen LogP contribution in [0.5, 0.6) is 23.0 Å². The number of nitro benzene ring substituents is 2. The topological polar surface area (TPSA) is 216 Å². The van der Waals surface area contributed by atoms with Crippen molar-refractivity contribution in [1.29, 1.82) is 0 Å². The third-order valence-corrected chi connectivity index (χ3v) is 14.3. The first-order valence-electron chi connectivity index (χ1n) is 26.9. The Labute approximate surface area is 477 Å². The van der Waals surface area contributed by atoms with E-state index in [0.717, 1.165) is 56.6 Å². The number of rotatable bonds is 22. The molecular weight excluding hydrogens is 1060 g/mol. The van der Waals surface area contributed by atoms with Crippen LogP contribution in [-0.4, -0.2) is 68.7 Å². The predicted molar refractivity (Wildman–Crippen MR) is 303 cm³/mol. The third kappa shape index (κ3) is 13.6. The molecule has 2 atom stereocenters. The number of ether oxygens (including phenoxy) is 6. The highest BCUT2D eigenvalue weighted by Crippen LogP contribution is 2.40. The molecule has 2 heterocycles. The first-order chi connectivity index (χ1) is 40.5. The summed E-state index contributed by atoms with van der Waals surface area (Å²) in [6, 6.07) is 53.6. The van der Waals surface area contributed by atoms with E-state index in [1.807, 2.05) is 146 Å². The molecule has 10 rings (SSSR count). The summed E-state index contributed by atoms with van der Waals surface area (Å²) in [5.41, 5.74) is 4.30. The van der Waals surface area contributed by atoms with Crippen LogP contribution in [0.25, 0.3) is 0 Å². The van der Waals surface area contributed by atoms with Crippen molar-refractivity contribution in [1.82, 2.24) is 9.80 Å². The van der Waals surface area contributed by atoms with Gasteiger partial charge in [0.2, 0.25) is 0 Å². The summed E-state index contributed by atoms with van der Waals surface area (Å²) in [6.45, 7) is -0.444. The fraction of sp³-hybridized carbons (Fsp3) is 0.200. The average molecular weight is 1120 g/mol. The molecule has 2 aliphatic rings. The second-order valence-corrected chi connectivity index (χ2v) is 19.8. The highest BCUT2D eigenvalue weighted by atomic mass is 16.6. The molecule has 0 aliphatic carbocycles. The zero-order valence-electron chi connectivity index (χ0n) is 44.9. The largest absolute Gasteiger partial charge is 0.489 e. The van der Waals surface area contributed by atoms with E-state index in [2.05, 4.69) is 0 Å². The fourth-order valence-corrected chi connectivity index (χ4v) is 9.94. The van der Waals surface area contributed by atoms with E-state index in [9.17, 15) is 39.4 Å². The number of carbonyl (C=O) groups excluding carboxylic acids is 4. The maximum absolute atomic E-state index is 14.8. The van der Waals surface area contributed by atoms with Crippen LogP contribution in [0.1, 0.15) is 71.6 Å². The Morgan fingerprint density at radius 1 is 0.410 bits per heavy atom. The van der Waals surface area contributed by atoms with Crippen molar-refractivity contribution in [2.75, 3.05) is 13.2 Å². The van der Waals surface area contributed by atoms with Gasteiger partial charge in [-0.1, -0.05) is 170 Å². The van der Waals surface area contributed by atoms with Crippen molar-refractivity contribution in [3.8, 4) is 23.0 Å². The van der Waals surface area contributed by atoms with Crippen molar-refractivity contribution >= 4 is 35.1 Å². The number of carbonyl (C=O) groups is 4. The number of hydrogen-bond donors (Lipinski definition) is 0. The molecule has 83 heavy (non-hydrogen) atoms. The van der Waals surface area contributed by atoms with E-state index in [1.165, 1.54) is 21.9 Å². The maximum atomic E-state index is 14.8. The lowest BCUT2D eigenvalue weighted by atomic mass is 9.93. The number of amides is 2. The van der Waals surface area contributed by atoms with Crippen molar-refractivity contribution in [3.05, 3.63) is 270 Å². The van der Waals surface area contributed by atoms with Gasteiger partial charge in [-0.25, -0.2) is 9.59 Å². The van der Waals surface area contributed by atoms with E-state index >= 15 is 0 Å². The van der Waals surface area contributed by atoms with E-state index < -0.39 is 57.1 Å². The Morgan fingerprint density at radius 2 is 0.723 bits per heavy atom. The first-order valence-corrected chi connectivity index (χ1v) is 26.9. The van der Waals surface area contributed by atoms with Gasteiger partial charge in [0.15, 0.2) is 23.0 Å². The molecule has 0 bridgehead atoms. The molecule has 0 radical (unpaired) electrons. The fourth-order valence-electron chi connectivity index (χ4n) is 9.94. The summed E-state index contributed by atoms with van der Waals surface area (Å²) in [5.74, 6) is -3.08. The molecule has 0 fully saturated rings. The molecule has 0 saturated heterocycles. The monoisotopic (exact) mass is 1120 g/mol. The molecule has 0 saturated carbocycles. The summed E-state index contributed by atoms with van der Waals surface area (Å²) >= 11 is 0. The van der Waals surface area contributed by atoms with Gasteiger partial charge in [-0.05, 0) is 44.5 Å². The van der Waals surface area contributed by atoms with E-state index in [1.54, 1.807) is 24.3 Å². The molecule has 0 N–H and O–H groups in total. The summed E-state index contributed by atoms with van der Waals surface area (Å²) in [7, 11) is 0. The Kier molecular flexibility index (Phi) is 17.7. The average Bonchev–Trinajstić information content (AvgIpc) is 3.71. The van der Waals surface area contributed by atoms with Gasteiger partial charge in [-0.15, -0.1) is 0 Å². The van der Waals surface area contributed by atoms with Crippen LogP contribution >= 0.6 is 0 Å². The van der Waals surface area contributed by atoms with Gasteiger partial charge in [0, 0.05) is 44.5 Å². The van der Waals surface area contributed by atoms with Gasteiger partial charge in [-0.3, -0.25) is 29.8 Å². The molecule has 18 nitrogen and oxygen atoms in total. The zero-order valence-corrected chi connectivity index (χ0v) is 44.9. The summed E-state index contributed by atoms with van der Waals surface area (Å²) in [5, 5.41) is 25.9. The van der Waals surface area contributed by atoms with Gasteiger partial charge in [-0.2, -0.15) is 0 Å². The zero-order chi connectivity index (χ0) is 57.7. The number of nitro groups is 2. The van der Waals surface area contributed by atoms with Crippen LogP contribution in [0.3, 0.4) is 0 Å². The Bertz CT molecular complexity index is 3410. The number of hydrogen-bond acceptors (Lipinski definition) is 14. The Hall–Kier alpha value is -10.4. The van der Waals surface area contributed by atoms with Crippen LogP contribution in [0.2, 0.25) is 0 Å². The third-order valence-electron chi connectivity index (χ3n) is 14.3. The lowest BCUT2D eigenvalue weighted by Gasteiger charge is -2.35. The second-order valence-electron chi connectivity index (χ2n) is 19.8. The molecule has 8 aromatic carbocycles. The minimum Gasteiger partial charge on any atom is -0.489 e. The molecule has 0 unspecified atom stereocenters.